The van der Waals surface area contributed by atoms with Gasteiger partial charge in [0.15, 0.2) is 0 Å². The van der Waals surface area contributed by atoms with Gasteiger partial charge in [0, 0.05) is 13.1 Å². The number of sulfonamides is 1. The molecule has 2 amide bonds. The van der Waals surface area contributed by atoms with Gasteiger partial charge in [-0.05, 0) is 14.0 Å². The maximum Gasteiger partial charge on any atom is 0.246 e. The van der Waals surface area contributed by atoms with Gasteiger partial charge in [0.1, 0.15) is 0 Å². The minimum absolute atomic E-state index is 0.103. The van der Waals surface area contributed by atoms with E-state index in [4.69, 9.17) is 0 Å². The second-order valence-electron chi connectivity index (χ2n) is 3.71. The van der Waals surface area contributed by atoms with Crippen molar-refractivity contribution >= 4 is 21.8 Å². The van der Waals surface area contributed by atoms with Crippen LogP contribution in [0.2, 0.25) is 0 Å². The van der Waals surface area contributed by atoms with Crippen LogP contribution in [0.1, 0.15) is 13.3 Å². The topological polar surface area (TPSA) is 95.6 Å². The highest BCUT2D eigenvalue weighted by atomic mass is 32.2. The van der Waals surface area contributed by atoms with Gasteiger partial charge in [0.25, 0.3) is 0 Å². The number of rotatable bonds is 6. The average Bonchev–Trinajstić information content (AvgIpc) is 2.54. The Morgan fingerprint density at radius 2 is 2.06 bits per heavy atom. The molecule has 1 aliphatic rings. The van der Waals surface area contributed by atoms with Crippen LogP contribution in [-0.4, -0.2) is 57.1 Å². The Balaban J connectivity index is 2.45. The molecular formula is C9H17N3O4S. The molecule has 98 valence electrons. The number of hydrogen-bond donors (Lipinski definition) is 2. The van der Waals surface area contributed by atoms with Gasteiger partial charge in [-0.2, -0.15) is 0 Å². The number of amides is 2. The Hall–Kier alpha value is -0.990. The molecular weight excluding hydrogens is 246 g/mol. The van der Waals surface area contributed by atoms with Crippen molar-refractivity contribution in [3.63, 3.8) is 0 Å². The molecule has 0 aromatic carbocycles. The lowest BCUT2D eigenvalue weighted by atomic mass is 10.2. The van der Waals surface area contributed by atoms with Gasteiger partial charge in [-0.25, -0.2) is 13.1 Å². The minimum Gasteiger partial charge on any atom is -0.304 e. The number of likely N-dealkylation sites (tertiary alicyclic amines) is 1. The van der Waals surface area contributed by atoms with Gasteiger partial charge in [-0.3, -0.25) is 14.5 Å². The zero-order valence-electron chi connectivity index (χ0n) is 9.89. The number of nitrogens with zero attached hydrogens (tertiary/aromatic N) is 1. The van der Waals surface area contributed by atoms with Crippen LogP contribution in [0.15, 0.2) is 0 Å². The van der Waals surface area contributed by atoms with Crippen molar-refractivity contribution in [2.45, 2.75) is 19.4 Å². The Kier molecular flexibility index (Phi) is 4.61. The van der Waals surface area contributed by atoms with Crippen LogP contribution in [0.25, 0.3) is 0 Å². The van der Waals surface area contributed by atoms with Gasteiger partial charge in [0.2, 0.25) is 21.8 Å². The minimum atomic E-state index is -3.28. The number of likely N-dealkylation sites (N-methyl/N-ethyl adjacent to an activating group) is 1. The maximum absolute atomic E-state index is 11.6. The first-order chi connectivity index (χ1) is 7.91. The van der Waals surface area contributed by atoms with E-state index in [-0.39, 0.29) is 30.5 Å². The summed E-state index contributed by atoms with van der Waals surface area (Å²) in [5, 5.41) is 2.79. The lowest BCUT2D eigenvalue weighted by molar-refractivity contribution is -0.138. The molecule has 0 aliphatic carbocycles. The predicted octanol–water partition coefficient (Wildman–Crippen LogP) is -1.73. The van der Waals surface area contributed by atoms with E-state index in [1.54, 1.807) is 6.92 Å². The molecule has 0 spiro atoms. The lowest BCUT2D eigenvalue weighted by Crippen LogP contribution is -2.41. The summed E-state index contributed by atoms with van der Waals surface area (Å²) in [7, 11) is -1.95. The first kappa shape index (κ1) is 14.1. The SMILES string of the molecule is CCN1C(=O)CC(NCCS(=O)(=O)NC)C1=O. The van der Waals surface area contributed by atoms with Crippen LogP contribution in [0, 0.1) is 0 Å². The molecule has 0 saturated carbocycles. The van der Waals surface area contributed by atoms with E-state index in [1.165, 1.54) is 11.9 Å². The normalized spacial score (nSPS) is 21.3. The summed E-state index contributed by atoms with van der Waals surface area (Å²) in [6.07, 6.45) is 0.103. The van der Waals surface area contributed by atoms with Crippen LogP contribution in [0.3, 0.4) is 0 Å². The monoisotopic (exact) mass is 263 g/mol. The molecule has 1 fully saturated rings. The summed E-state index contributed by atoms with van der Waals surface area (Å²) in [6, 6.07) is -0.588. The molecule has 7 nitrogen and oxygen atoms in total. The number of carbonyl (C=O) groups excluding carboxylic acids is 2. The number of hydrogen-bond acceptors (Lipinski definition) is 5. The van der Waals surface area contributed by atoms with Gasteiger partial charge >= 0.3 is 0 Å². The third kappa shape index (κ3) is 3.48. The van der Waals surface area contributed by atoms with Gasteiger partial charge in [-0.15, -0.1) is 0 Å². The van der Waals surface area contributed by atoms with Crippen molar-refractivity contribution in [2.24, 2.45) is 0 Å². The average molecular weight is 263 g/mol. The first-order valence-electron chi connectivity index (χ1n) is 5.40. The van der Waals surface area contributed by atoms with Crippen LogP contribution < -0.4 is 10.0 Å². The van der Waals surface area contributed by atoms with Crippen molar-refractivity contribution in [3.05, 3.63) is 0 Å². The quantitative estimate of drug-likeness (QED) is 0.555. The van der Waals surface area contributed by atoms with E-state index in [9.17, 15) is 18.0 Å². The molecule has 0 aromatic rings. The molecule has 0 radical (unpaired) electrons. The summed E-state index contributed by atoms with van der Waals surface area (Å²) in [4.78, 5) is 24.2. The Morgan fingerprint density at radius 3 is 2.53 bits per heavy atom. The molecule has 1 heterocycles. The van der Waals surface area contributed by atoms with Crippen molar-refractivity contribution in [1.82, 2.24) is 14.9 Å². The molecule has 1 atom stereocenters. The zero-order chi connectivity index (χ0) is 13.1. The van der Waals surface area contributed by atoms with Crippen molar-refractivity contribution in [3.8, 4) is 0 Å². The van der Waals surface area contributed by atoms with Crippen molar-refractivity contribution < 1.29 is 18.0 Å². The highest BCUT2D eigenvalue weighted by Crippen LogP contribution is 2.11. The van der Waals surface area contributed by atoms with E-state index in [1.807, 2.05) is 0 Å². The predicted molar refractivity (Wildman–Crippen MR) is 61.6 cm³/mol. The van der Waals surface area contributed by atoms with Crippen LogP contribution in [0.4, 0.5) is 0 Å². The summed E-state index contributed by atoms with van der Waals surface area (Å²) >= 11 is 0. The zero-order valence-corrected chi connectivity index (χ0v) is 10.7. The summed E-state index contributed by atoms with van der Waals surface area (Å²) < 4.78 is 24.4. The van der Waals surface area contributed by atoms with Crippen LogP contribution in [-0.2, 0) is 19.6 Å². The fourth-order valence-corrected chi connectivity index (χ4v) is 2.24. The molecule has 0 bridgehead atoms. The highest BCUT2D eigenvalue weighted by molar-refractivity contribution is 7.89. The Morgan fingerprint density at radius 1 is 1.41 bits per heavy atom. The molecule has 1 saturated heterocycles. The van der Waals surface area contributed by atoms with Crippen LogP contribution in [0.5, 0.6) is 0 Å². The molecule has 8 heteroatoms. The first-order valence-corrected chi connectivity index (χ1v) is 7.05. The fourth-order valence-electron chi connectivity index (χ4n) is 1.64. The number of nitrogens with one attached hydrogen (secondary N) is 2. The van der Waals surface area contributed by atoms with Gasteiger partial charge in [0.05, 0.1) is 18.2 Å². The number of carbonyl (C=O) groups is 2. The summed E-state index contributed by atoms with van der Waals surface area (Å²) in [5.74, 6) is -0.612. The molecule has 1 rings (SSSR count). The molecule has 1 aliphatic heterocycles. The molecule has 2 N–H and O–H groups in total. The lowest BCUT2D eigenvalue weighted by Gasteiger charge is -2.12. The Labute approximate surface area is 101 Å². The van der Waals surface area contributed by atoms with E-state index >= 15 is 0 Å². The summed E-state index contributed by atoms with van der Waals surface area (Å²) in [6.45, 7) is 2.22. The second kappa shape index (κ2) is 5.56. The second-order valence-corrected chi connectivity index (χ2v) is 5.76. The van der Waals surface area contributed by atoms with E-state index in [2.05, 4.69) is 10.0 Å². The Bertz CT molecular complexity index is 406. The molecule has 1 unspecified atom stereocenters. The van der Waals surface area contributed by atoms with Gasteiger partial charge < -0.3 is 5.32 Å². The number of imide groups is 1. The van der Waals surface area contributed by atoms with E-state index in [0.29, 0.717) is 6.54 Å². The van der Waals surface area contributed by atoms with Gasteiger partial charge in [-0.1, -0.05) is 0 Å². The third-order valence-corrected chi connectivity index (χ3v) is 4.00. The molecule has 17 heavy (non-hydrogen) atoms. The van der Waals surface area contributed by atoms with Crippen molar-refractivity contribution in [2.75, 3.05) is 25.9 Å². The largest absolute Gasteiger partial charge is 0.304 e. The standard InChI is InChI=1S/C9H17N3O4S/c1-3-12-8(13)6-7(9(12)14)11-4-5-17(15,16)10-2/h7,10-11H,3-6H2,1-2H3. The molecule has 0 aromatic heterocycles. The van der Waals surface area contributed by atoms with Crippen LogP contribution >= 0.6 is 0 Å². The summed E-state index contributed by atoms with van der Waals surface area (Å²) in [5.41, 5.74) is 0. The van der Waals surface area contributed by atoms with E-state index in [0.717, 1.165) is 0 Å². The highest BCUT2D eigenvalue weighted by Gasteiger charge is 2.37. The fraction of sp³-hybridized carbons (Fsp3) is 0.778. The smallest absolute Gasteiger partial charge is 0.246 e. The third-order valence-electron chi connectivity index (χ3n) is 2.63. The van der Waals surface area contributed by atoms with E-state index < -0.39 is 16.1 Å². The maximum atomic E-state index is 11.6. The van der Waals surface area contributed by atoms with Crippen molar-refractivity contribution in [1.29, 1.82) is 0 Å².